The first-order valence-electron chi connectivity index (χ1n) is 8.14. The molecule has 0 radical (unpaired) electrons. The van der Waals surface area contributed by atoms with Crippen LogP contribution < -0.4 is 14.2 Å². The third-order valence-corrected chi connectivity index (χ3v) is 5.58. The smallest absolute Gasteiger partial charge is 0.261 e. The normalized spacial score (nSPS) is 16.4. The molecule has 3 rings (SSSR count). The molecule has 0 spiro atoms. The van der Waals surface area contributed by atoms with Crippen LogP contribution in [0.15, 0.2) is 42.5 Å². The summed E-state index contributed by atoms with van der Waals surface area (Å²) in [5.74, 6) is 2.72. The van der Waals surface area contributed by atoms with Crippen LogP contribution in [0, 0.1) is 0 Å². The zero-order valence-corrected chi connectivity index (χ0v) is 16.2. The summed E-state index contributed by atoms with van der Waals surface area (Å²) in [6.07, 6.45) is 0. The van der Waals surface area contributed by atoms with E-state index < -0.39 is 0 Å². The maximum absolute atomic E-state index is 12.7. The Kier molecular flexibility index (Phi) is 6.16. The molecule has 2 aromatic carbocycles. The summed E-state index contributed by atoms with van der Waals surface area (Å²) in [7, 11) is 3.21. The predicted octanol–water partition coefficient (Wildman–Crippen LogP) is 4.01. The van der Waals surface area contributed by atoms with Gasteiger partial charge in [-0.3, -0.25) is 4.79 Å². The standard InChI is InChI=1S/C19H20ClNO4S/c1-23-16-5-3-4-15(18(16)24-2)19-21(10-11-26-19)17(22)12-25-14-8-6-13(20)7-9-14/h3-9,19H,10-12H2,1-2H3/t19-/m1/s1. The minimum atomic E-state index is -0.124. The second-order valence-corrected chi connectivity index (χ2v) is 7.26. The van der Waals surface area contributed by atoms with Gasteiger partial charge in [-0.15, -0.1) is 11.8 Å². The predicted molar refractivity (Wildman–Crippen MR) is 103 cm³/mol. The summed E-state index contributed by atoms with van der Waals surface area (Å²) < 4.78 is 16.5. The van der Waals surface area contributed by atoms with E-state index in [1.54, 1.807) is 50.2 Å². The van der Waals surface area contributed by atoms with Crippen molar-refractivity contribution in [1.82, 2.24) is 4.90 Å². The number of carbonyl (C=O) groups is 1. The minimum absolute atomic E-state index is 0.0228. The lowest BCUT2D eigenvalue weighted by atomic mass is 10.1. The minimum Gasteiger partial charge on any atom is -0.493 e. The molecule has 2 aromatic rings. The molecule has 1 saturated heterocycles. The van der Waals surface area contributed by atoms with Crippen LogP contribution in [0.2, 0.25) is 5.02 Å². The fourth-order valence-electron chi connectivity index (χ4n) is 2.85. The molecule has 0 saturated carbocycles. The Bertz CT molecular complexity index is 769. The van der Waals surface area contributed by atoms with Crippen molar-refractivity contribution in [2.45, 2.75) is 5.37 Å². The van der Waals surface area contributed by atoms with Gasteiger partial charge in [0.1, 0.15) is 11.1 Å². The number of halogens is 1. The monoisotopic (exact) mass is 393 g/mol. The molecule has 26 heavy (non-hydrogen) atoms. The average Bonchev–Trinajstić information content (AvgIpc) is 3.16. The summed E-state index contributed by atoms with van der Waals surface area (Å²) >= 11 is 7.56. The Morgan fingerprint density at radius 3 is 2.65 bits per heavy atom. The second kappa shape index (κ2) is 8.56. The third-order valence-electron chi connectivity index (χ3n) is 4.09. The number of nitrogens with zero attached hydrogens (tertiary/aromatic N) is 1. The molecule has 0 bridgehead atoms. The number of carbonyl (C=O) groups excluding carboxylic acids is 1. The summed E-state index contributed by atoms with van der Waals surface area (Å²) in [6.45, 7) is 0.642. The zero-order valence-electron chi connectivity index (χ0n) is 14.6. The van der Waals surface area contributed by atoms with Crippen molar-refractivity contribution in [3.63, 3.8) is 0 Å². The molecule has 0 aromatic heterocycles. The maximum Gasteiger partial charge on any atom is 0.261 e. The first-order valence-corrected chi connectivity index (χ1v) is 9.57. The highest BCUT2D eigenvalue weighted by molar-refractivity contribution is 7.99. The van der Waals surface area contributed by atoms with E-state index in [-0.39, 0.29) is 17.9 Å². The van der Waals surface area contributed by atoms with E-state index in [1.807, 2.05) is 23.1 Å². The largest absolute Gasteiger partial charge is 0.493 e. The van der Waals surface area contributed by atoms with Crippen LogP contribution in [0.4, 0.5) is 0 Å². The molecule has 0 N–H and O–H groups in total. The Hall–Kier alpha value is -2.05. The van der Waals surface area contributed by atoms with E-state index in [9.17, 15) is 4.79 Å². The van der Waals surface area contributed by atoms with Crippen LogP contribution in [-0.2, 0) is 4.79 Å². The Labute approximate surface area is 162 Å². The van der Waals surface area contributed by atoms with Crippen LogP contribution >= 0.6 is 23.4 Å². The topological polar surface area (TPSA) is 48.0 Å². The number of rotatable bonds is 6. The molecule has 7 heteroatoms. The number of benzene rings is 2. The Morgan fingerprint density at radius 2 is 1.96 bits per heavy atom. The molecule has 0 unspecified atom stereocenters. The van der Waals surface area contributed by atoms with Crippen LogP contribution in [-0.4, -0.2) is 43.9 Å². The van der Waals surface area contributed by atoms with Gasteiger partial charge in [0.2, 0.25) is 0 Å². The van der Waals surface area contributed by atoms with Gasteiger partial charge in [0, 0.05) is 22.9 Å². The SMILES string of the molecule is COc1cccc([C@H]2SCCN2C(=O)COc2ccc(Cl)cc2)c1OC. The lowest BCUT2D eigenvalue weighted by Crippen LogP contribution is -2.34. The average molecular weight is 394 g/mol. The summed E-state index contributed by atoms with van der Waals surface area (Å²) in [5, 5.41) is 0.506. The van der Waals surface area contributed by atoms with E-state index in [4.69, 9.17) is 25.8 Å². The van der Waals surface area contributed by atoms with E-state index in [1.165, 1.54) is 0 Å². The molecule has 1 aliphatic rings. The molecular weight excluding hydrogens is 374 g/mol. The van der Waals surface area contributed by atoms with E-state index in [2.05, 4.69) is 0 Å². The highest BCUT2D eigenvalue weighted by Gasteiger charge is 2.33. The van der Waals surface area contributed by atoms with Crippen molar-refractivity contribution in [1.29, 1.82) is 0 Å². The van der Waals surface area contributed by atoms with E-state index in [0.29, 0.717) is 28.8 Å². The Balaban J connectivity index is 1.73. The van der Waals surface area contributed by atoms with Gasteiger partial charge in [-0.25, -0.2) is 0 Å². The quantitative estimate of drug-likeness (QED) is 0.742. The molecule has 1 amide bonds. The number of thioether (sulfide) groups is 1. The molecule has 0 aliphatic carbocycles. The van der Waals surface area contributed by atoms with Gasteiger partial charge in [-0.2, -0.15) is 0 Å². The molecule has 1 heterocycles. The van der Waals surface area contributed by atoms with Gasteiger partial charge in [-0.05, 0) is 30.3 Å². The molecule has 138 valence electrons. The van der Waals surface area contributed by atoms with Crippen molar-refractivity contribution in [2.24, 2.45) is 0 Å². The maximum atomic E-state index is 12.7. The number of hydrogen-bond donors (Lipinski definition) is 0. The Morgan fingerprint density at radius 1 is 1.19 bits per heavy atom. The van der Waals surface area contributed by atoms with Gasteiger partial charge >= 0.3 is 0 Å². The van der Waals surface area contributed by atoms with Crippen molar-refractivity contribution in [2.75, 3.05) is 33.1 Å². The fraction of sp³-hybridized carbons (Fsp3) is 0.316. The number of para-hydroxylation sites is 1. The van der Waals surface area contributed by atoms with Gasteiger partial charge in [0.15, 0.2) is 18.1 Å². The zero-order chi connectivity index (χ0) is 18.5. The van der Waals surface area contributed by atoms with Crippen molar-refractivity contribution in [3.8, 4) is 17.2 Å². The van der Waals surface area contributed by atoms with Gasteiger partial charge in [0.05, 0.1) is 14.2 Å². The molecular formula is C19H20ClNO4S. The summed E-state index contributed by atoms with van der Waals surface area (Å²) in [4.78, 5) is 14.5. The van der Waals surface area contributed by atoms with E-state index >= 15 is 0 Å². The van der Waals surface area contributed by atoms with Crippen molar-refractivity contribution in [3.05, 3.63) is 53.1 Å². The summed E-state index contributed by atoms with van der Waals surface area (Å²) in [5.41, 5.74) is 0.925. The van der Waals surface area contributed by atoms with Crippen molar-refractivity contribution < 1.29 is 19.0 Å². The molecule has 1 fully saturated rings. The first-order chi connectivity index (χ1) is 12.6. The lowest BCUT2D eigenvalue weighted by Gasteiger charge is -2.26. The van der Waals surface area contributed by atoms with E-state index in [0.717, 1.165) is 11.3 Å². The number of amides is 1. The molecule has 1 aliphatic heterocycles. The third kappa shape index (κ3) is 4.02. The highest BCUT2D eigenvalue weighted by Crippen LogP contribution is 2.45. The fourth-order valence-corrected chi connectivity index (χ4v) is 4.27. The van der Waals surface area contributed by atoms with Crippen LogP contribution in [0.3, 0.4) is 0 Å². The van der Waals surface area contributed by atoms with Gasteiger partial charge in [-0.1, -0.05) is 23.7 Å². The second-order valence-electron chi connectivity index (χ2n) is 5.64. The number of ether oxygens (including phenoxy) is 3. The van der Waals surface area contributed by atoms with Crippen LogP contribution in [0.5, 0.6) is 17.2 Å². The van der Waals surface area contributed by atoms with Crippen molar-refractivity contribution >= 4 is 29.3 Å². The van der Waals surface area contributed by atoms with Gasteiger partial charge in [0.25, 0.3) is 5.91 Å². The molecule has 1 atom stereocenters. The highest BCUT2D eigenvalue weighted by atomic mass is 35.5. The molecule has 5 nitrogen and oxygen atoms in total. The lowest BCUT2D eigenvalue weighted by molar-refractivity contribution is -0.133. The van der Waals surface area contributed by atoms with Crippen LogP contribution in [0.1, 0.15) is 10.9 Å². The first kappa shape index (κ1) is 18.7. The number of hydrogen-bond acceptors (Lipinski definition) is 5. The number of methoxy groups -OCH3 is 2. The summed E-state index contributed by atoms with van der Waals surface area (Å²) in [6, 6.07) is 12.7. The van der Waals surface area contributed by atoms with Gasteiger partial charge < -0.3 is 19.1 Å². The van der Waals surface area contributed by atoms with Crippen LogP contribution in [0.25, 0.3) is 0 Å².